The molecule has 2 aromatic heterocycles. The fourth-order valence-corrected chi connectivity index (χ4v) is 3.97. The van der Waals surface area contributed by atoms with Gasteiger partial charge in [0, 0.05) is 10.9 Å². The van der Waals surface area contributed by atoms with Gasteiger partial charge in [-0.15, -0.1) is 11.3 Å². The minimum absolute atomic E-state index is 0.0610. The molecule has 0 aliphatic rings. The lowest BCUT2D eigenvalue weighted by atomic mass is 10.1. The van der Waals surface area contributed by atoms with E-state index in [9.17, 15) is 18.8 Å². The number of carbonyl (C=O) groups is 2. The number of nitrogens with zero attached hydrogens (tertiary/aromatic N) is 2. The lowest BCUT2D eigenvalue weighted by Gasteiger charge is -2.09. The van der Waals surface area contributed by atoms with Crippen LogP contribution in [0, 0.1) is 12.7 Å². The van der Waals surface area contributed by atoms with E-state index >= 15 is 0 Å². The summed E-state index contributed by atoms with van der Waals surface area (Å²) in [5.41, 5.74) is 2.27. The number of imide groups is 1. The number of aromatic nitrogens is 2. The van der Waals surface area contributed by atoms with Crippen LogP contribution < -0.4 is 16.2 Å². The van der Waals surface area contributed by atoms with Crippen LogP contribution in [0.3, 0.4) is 0 Å². The van der Waals surface area contributed by atoms with Gasteiger partial charge in [0.2, 0.25) is 5.91 Å². The molecule has 2 N–H and O–H groups in total. The summed E-state index contributed by atoms with van der Waals surface area (Å²) >= 11 is 1.34. The zero-order chi connectivity index (χ0) is 22.0. The third kappa shape index (κ3) is 4.36. The molecule has 3 amide bonds. The summed E-state index contributed by atoms with van der Waals surface area (Å²) in [6, 6.07) is 12.4. The molecule has 2 heterocycles. The van der Waals surface area contributed by atoms with Crippen LogP contribution in [-0.4, -0.2) is 21.5 Å². The molecule has 0 atom stereocenters. The molecule has 0 spiro atoms. The molecule has 0 aliphatic carbocycles. The van der Waals surface area contributed by atoms with Gasteiger partial charge in [-0.1, -0.05) is 42.0 Å². The lowest BCUT2D eigenvalue weighted by molar-refractivity contribution is -0.120. The Morgan fingerprint density at radius 1 is 1.13 bits per heavy atom. The average molecular weight is 436 g/mol. The summed E-state index contributed by atoms with van der Waals surface area (Å²) in [5, 5.41) is 6.61. The van der Waals surface area contributed by atoms with Crippen LogP contribution in [0.2, 0.25) is 0 Å². The average Bonchev–Trinajstić information content (AvgIpc) is 3.17. The zero-order valence-corrected chi connectivity index (χ0v) is 17.2. The Hall–Kier alpha value is -3.85. The van der Waals surface area contributed by atoms with Crippen molar-refractivity contribution in [2.24, 2.45) is 0 Å². The summed E-state index contributed by atoms with van der Waals surface area (Å²) in [7, 11) is 0. The van der Waals surface area contributed by atoms with Crippen molar-refractivity contribution in [1.82, 2.24) is 14.9 Å². The Balaban J connectivity index is 1.54. The Morgan fingerprint density at radius 2 is 1.87 bits per heavy atom. The largest absolute Gasteiger partial charge is 0.326 e. The number of thiophene rings is 1. The molecule has 0 fully saturated rings. The highest BCUT2D eigenvalue weighted by Crippen LogP contribution is 2.30. The number of para-hydroxylation sites is 1. The van der Waals surface area contributed by atoms with Gasteiger partial charge in [0.15, 0.2) is 0 Å². The van der Waals surface area contributed by atoms with E-state index < -0.39 is 24.3 Å². The quantitative estimate of drug-likeness (QED) is 0.507. The number of halogens is 1. The highest BCUT2D eigenvalue weighted by molar-refractivity contribution is 7.17. The van der Waals surface area contributed by atoms with Gasteiger partial charge in [-0.3, -0.25) is 19.5 Å². The smallest absolute Gasteiger partial charge is 0.305 e. The number of urea groups is 1. The molecule has 0 bridgehead atoms. The number of amides is 3. The van der Waals surface area contributed by atoms with E-state index in [-0.39, 0.29) is 11.2 Å². The second-order valence-corrected chi connectivity index (χ2v) is 7.71. The highest BCUT2D eigenvalue weighted by atomic mass is 32.1. The van der Waals surface area contributed by atoms with E-state index in [0.29, 0.717) is 10.2 Å². The molecular weight excluding hydrogens is 419 g/mol. The molecule has 156 valence electrons. The van der Waals surface area contributed by atoms with Crippen molar-refractivity contribution in [3.05, 3.63) is 82.0 Å². The molecule has 2 aromatic carbocycles. The van der Waals surface area contributed by atoms with Crippen LogP contribution in [-0.2, 0) is 11.3 Å². The van der Waals surface area contributed by atoms with E-state index in [1.54, 1.807) is 6.07 Å². The monoisotopic (exact) mass is 436 g/mol. The third-order valence-corrected chi connectivity index (χ3v) is 5.50. The molecule has 4 rings (SSSR count). The van der Waals surface area contributed by atoms with Gasteiger partial charge in [0.05, 0.1) is 17.4 Å². The predicted octanol–water partition coefficient (Wildman–Crippen LogP) is 3.92. The summed E-state index contributed by atoms with van der Waals surface area (Å²) in [6.07, 6.45) is 1.27. The Kier molecular flexibility index (Phi) is 5.59. The minimum atomic E-state index is -0.895. The molecule has 31 heavy (non-hydrogen) atoms. The van der Waals surface area contributed by atoms with Crippen molar-refractivity contribution in [3.8, 4) is 11.1 Å². The van der Waals surface area contributed by atoms with E-state index in [0.717, 1.165) is 21.3 Å². The molecule has 9 heteroatoms. The van der Waals surface area contributed by atoms with E-state index in [1.807, 2.05) is 36.6 Å². The van der Waals surface area contributed by atoms with Crippen molar-refractivity contribution >= 4 is 39.2 Å². The predicted molar refractivity (Wildman–Crippen MR) is 118 cm³/mol. The second-order valence-electron chi connectivity index (χ2n) is 6.86. The van der Waals surface area contributed by atoms with Gasteiger partial charge in [-0.2, -0.15) is 0 Å². The Bertz CT molecular complexity index is 1350. The van der Waals surface area contributed by atoms with Crippen LogP contribution >= 0.6 is 11.3 Å². The van der Waals surface area contributed by atoms with Crippen molar-refractivity contribution in [2.45, 2.75) is 13.5 Å². The number of hydrogen-bond donors (Lipinski definition) is 2. The summed E-state index contributed by atoms with van der Waals surface area (Å²) in [6.45, 7) is 1.57. The maximum absolute atomic E-state index is 13.6. The highest BCUT2D eigenvalue weighted by Gasteiger charge is 2.16. The first-order valence-electron chi connectivity index (χ1n) is 9.31. The van der Waals surface area contributed by atoms with Crippen LogP contribution in [0.25, 0.3) is 21.3 Å². The minimum Gasteiger partial charge on any atom is -0.305 e. The third-order valence-electron chi connectivity index (χ3n) is 4.61. The summed E-state index contributed by atoms with van der Waals surface area (Å²) in [4.78, 5) is 42.1. The second kappa shape index (κ2) is 8.49. The van der Waals surface area contributed by atoms with Gasteiger partial charge < -0.3 is 5.32 Å². The topological polar surface area (TPSA) is 93.1 Å². The normalized spacial score (nSPS) is 10.8. The van der Waals surface area contributed by atoms with Gasteiger partial charge in [-0.05, 0) is 24.6 Å². The zero-order valence-electron chi connectivity index (χ0n) is 16.4. The van der Waals surface area contributed by atoms with Crippen molar-refractivity contribution in [2.75, 3.05) is 5.32 Å². The molecule has 0 saturated carbocycles. The standard InChI is InChI=1S/C22H17FN4O3S/c1-13-6-8-14(9-7-13)15-11-31-20-19(15)21(29)27(12-24-20)10-18(28)26-22(30)25-17-5-3-2-4-16(17)23/h2-9,11-12H,10H2,1H3,(H2,25,26,28,30). The number of anilines is 1. The number of hydrogen-bond acceptors (Lipinski definition) is 5. The first-order valence-corrected chi connectivity index (χ1v) is 10.2. The van der Waals surface area contributed by atoms with E-state index in [1.165, 1.54) is 35.9 Å². The maximum atomic E-state index is 13.6. The van der Waals surface area contributed by atoms with Crippen molar-refractivity contribution in [1.29, 1.82) is 0 Å². The Morgan fingerprint density at radius 3 is 2.61 bits per heavy atom. The molecule has 0 aliphatic heterocycles. The van der Waals surface area contributed by atoms with Crippen LogP contribution in [0.1, 0.15) is 5.56 Å². The van der Waals surface area contributed by atoms with Gasteiger partial charge in [0.1, 0.15) is 17.2 Å². The van der Waals surface area contributed by atoms with Gasteiger partial charge >= 0.3 is 6.03 Å². The van der Waals surface area contributed by atoms with Crippen molar-refractivity contribution < 1.29 is 14.0 Å². The van der Waals surface area contributed by atoms with Crippen molar-refractivity contribution in [3.63, 3.8) is 0 Å². The fraction of sp³-hybridized carbons (Fsp3) is 0.0909. The summed E-state index contributed by atoms with van der Waals surface area (Å²) < 4.78 is 14.8. The number of benzene rings is 2. The van der Waals surface area contributed by atoms with Crippen LogP contribution in [0.15, 0.2) is 65.0 Å². The molecule has 4 aromatic rings. The van der Waals surface area contributed by atoms with Crippen LogP contribution in [0.5, 0.6) is 0 Å². The first-order chi connectivity index (χ1) is 14.9. The molecule has 0 unspecified atom stereocenters. The number of rotatable bonds is 4. The Labute approximate surface area is 180 Å². The fourth-order valence-electron chi connectivity index (χ4n) is 3.06. The van der Waals surface area contributed by atoms with Crippen LogP contribution in [0.4, 0.5) is 14.9 Å². The lowest BCUT2D eigenvalue weighted by Crippen LogP contribution is -2.38. The number of carbonyl (C=O) groups excluding carboxylic acids is 2. The maximum Gasteiger partial charge on any atom is 0.326 e. The van der Waals surface area contributed by atoms with Gasteiger partial charge in [0.25, 0.3) is 5.56 Å². The SMILES string of the molecule is Cc1ccc(-c2csc3ncn(CC(=O)NC(=O)Nc4ccccc4F)c(=O)c23)cc1. The number of nitrogens with one attached hydrogen (secondary N) is 2. The molecule has 0 saturated heterocycles. The number of aryl methyl sites for hydroxylation is 1. The van der Waals surface area contributed by atoms with E-state index in [4.69, 9.17) is 0 Å². The van der Waals surface area contributed by atoms with Gasteiger partial charge in [-0.25, -0.2) is 14.2 Å². The summed E-state index contributed by atoms with van der Waals surface area (Å²) in [5.74, 6) is -1.36. The van der Waals surface area contributed by atoms with E-state index in [2.05, 4.69) is 15.6 Å². The first kappa shape index (κ1) is 20.4. The molecule has 0 radical (unpaired) electrons. The number of fused-ring (bicyclic) bond motifs is 1. The molecular formula is C22H17FN4O3S. The molecule has 7 nitrogen and oxygen atoms in total.